The summed E-state index contributed by atoms with van der Waals surface area (Å²) in [7, 11) is 1.96. The summed E-state index contributed by atoms with van der Waals surface area (Å²) in [5.74, 6) is 0.0473. The highest BCUT2D eigenvalue weighted by molar-refractivity contribution is 8.40. The first-order valence-corrected chi connectivity index (χ1v) is 11.7. The number of ether oxygens (including phenoxy) is 1. The highest BCUT2D eigenvalue weighted by Crippen LogP contribution is 2.50. The van der Waals surface area contributed by atoms with Crippen LogP contribution in [-0.2, 0) is 9.53 Å². The van der Waals surface area contributed by atoms with Gasteiger partial charge >= 0.3 is 12.0 Å². The highest BCUT2D eigenvalue weighted by atomic mass is 32.2. The molecular weight excluding hydrogens is 414 g/mol. The molecule has 6 nitrogen and oxygen atoms in total. The molecule has 28 heavy (non-hydrogen) atoms. The smallest absolute Gasteiger partial charge is 0.430 e. The van der Waals surface area contributed by atoms with E-state index in [0.717, 1.165) is 24.9 Å². The highest BCUT2D eigenvalue weighted by Gasteiger charge is 2.42. The molecule has 0 unspecified atom stereocenters. The third-order valence-electron chi connectivity index (χ3n) is 4.01. The second-order valence-electron chi connectivity index (χ2n) is 7.23. The summed E-state index contributed by atoms with van der Waals surface area (Å²) in [5, 5.41) is 3.69. The number of benzene rings is 1. The molecule has 0 bridgehead atoms. The van der Waals surface area contributed by atoms with Crippen LogP contribution in [0.2, 0.25) is 0 Å². The molecule has 1 aromatic rings. The van der Waals surface area contributed by atoms with Crippen molar-refractivity contribution in [2.75, 3.05) is 30.1 Å². The van der Waals surface area contributed by atoms with E-state index in [-0.39, 0.29) is 5.91 Å². The number of rotatable bonds is 2. The molecule has 0 radical (unpaired) electrons. The minimum absolute atomic E-state index is 0.0473. The molecule has 9 heteroatoms. The van der Waals surface area contributed by atoms with E-state index in [1.54, 1.807) is 23.5 Å². The van der Waals surface area contributed by atoms with Crippen LogP contribution >= 0.6 is 35.3 Å². The van der Waals surface area contributed by atoms with E-state index >= 15 is 0 Å². The number of amides is 2. The Morgan fingerprint density at radius 1 is 1.32 bits per heavy atom. The molecule has 3 rings (SSSR count). The second-order valence-corrected chi connectivity index (χ2v) is 10.3. The molecule has 0 aliphatic carbocycles. The van der Waals surface area contributed by atoms with E-state index in [1.165, 1.54) is 11.8 Å². The summed E-state index contributed by atoms with van der Waals surface area (Å²) in [6.07, 6.45) is 1.50. The van der Waals surface area contributed by atoms with Gasteiger partial charge in [0.2, 0.25) is 0 Å². The van der Waals surface area contributed by atoms with Gasteiger partial charge < -0.3 is 9.64 Å². The minimum atomic E-state index is -0.552. The molecular formula is C19H24N3O3S3+. The Balaban J connectivity index is 1.83. The van der Waals surface area contributed by atoms with Gasteiger partial charge in [-0.15, -0.1) is 4.58 Å². The van der Waals surface area contributed by atoms with Gasteiger partial charge in [0.05, 0.1) is 5.69 Å². The summed E-state index contributed by atoms with van der Waals surface area (Å²) in [6, 6.07) is 5.70. The van der Waals surface area contributed by atoms with Crippen LogP contribution in [0, 0.1) is 0 Å². The lowest BCUT2D eigenvalue weighted by Gasteiger charge is -2.20. The summed E-state index contributed by atoms with van der Waals surface area (Å²) >= 11 is 4.67. The Morgan fingerprint density at radius 2 is 2.04 bits per heavy atom. The van der Waals surface area contributed by atoms with Crippen molar-refractivity contribution in [1.29, 1.82) is 0 Å². The molecule has 1 aromatic carbocycles. The van der Waals surface area contributed by atoms with Gasteiger partial charge in [0.15, 0.2) is 11.4 Å². The average molecular weight is 439 g/mol. The molecule has 150 valence electrons. The van der Waals surface area contributed by atoms with E-state index in [4.69, 9.17) is 4.74 Å². The fraction of sp³-hybridized carbons (Fsp3) is 0.421. The maximum atomic E-state index is 12.8. The van der Waals surface area contributed by atoms with E-state index in [2.05, 4.69) is 5.32 Å². The van der Waals surface area contributed by atoms with Crippen LogP contribution in [-0.4, -0.2) is 46.4 Å². The van der Waals surface area contributed by atoms with Crippen LogP contribution in [0.25, 0.3) is 0 Å². The van der Waals surface area contributed by atoms with Crippen LogP contribution in [0.1, 0.15) is 27.7 Å². The van der Waals surface area contributed by atoms with Crippen molar-refractivity contribution < 1.29 is 18.9 Å². The first kappa shape index (κ1) is 21.1. The molecule has 0 fully saturated rings. The Hall–Kier alpha value is -1.58. The molecule has 0 spiro atoms. The van der Waals surface area contributed by atoms with E-state index in [1.807, 2.05) is 68.7 Å². The van der Waals surface area contributed by atoms with Gasteiger partial charge in [0, 0.05) is 29.4 Å². The van der Waals surface area contributed by atoms with Crippen molar-refractivity contribution >= 4 is 63.0 Å². The van der Waals surface area contributed by atoms with Crippen molar-refractivity contribution in [2.45, 2.75) is 38.2 Å². The zero-order valence-electron chi connectivity index (χ0n) is 16.8. The summed E-state index contributed by atoms with van der Waals surface area (Å²) < 4.78 is 8.13. The SMILES string of the molecule is CC[N+]1=C(SC)S/C(=C2/Sc3cc(NC(=O)OC(C)(C)C)ccc3N2C)C1=O. The van der Waals surface area contributed by atoms with Crippen LogP contribution in [0.15, 0.2) is 33.0 Å². The molecule has 0 atom stereocenters. The van der Waals surface area contributed by atoms with Crippen molar-refractivity contribution in [3.05, 3.63) is 28.1 Å². The molecule has 1 N–H and O–H groups in total. The summed E-state index contributed by atoms with van der Waals surface area (Å²) in [6.45, 7) is 8.12. The van der Waals surface area contributed by atoms with Gasteiger partial charge in [0.1, 0.15) is 10.6 Å². The monoisotopic (exact) mass is 438 g/mol. The molecule has 0 aromatic heterocycles. The largest absolute Gasteiger partial charge is 0.444 e. The van der Waals surface area contributed by atoms with E-state index in [0.29, 0.717) is 12.2 Å². The van der Waals surface area contributed by atoms with Crippen LogP contribution < -0.4 is 10.2 Å². The first-order valence-electron chi connectivity index (χ1n) is 8.85. The Kier molecular flexibility index (Phi) is 6.07. The fourth-order valence-electron chi connectivity index (χ4n) is 2.80. The Bertz CT molecular complexity index is 903. The quantitative estimate of drug-likeness (QED) is 0.527. The number of thioether (sulfide) groups is 3. The zero-order valence-corrected chi connectivity index (χ0v) is 19.2. The van der Waals surface area contributed by atoms with Gasteiger partial charge in [-0.3, -0.25) is 5.32 Å². The Labute approximate surface area is 178 Å². The van der Waals surface area contributed by atoms with Gasteiger partial charge in [0.25, 0.3) is 4.38 Å². The fourth-order valence-corrected chi connectivity index (χ4v) is 6.11. The van der Waals surface area contributed by atoms with Crippen molar-refractivity contribution in [1.82, 2.24) is 0 Å². The predicted molar refractivity (Wildman–Crippen MR) is 120 cm³/mol. The average Bonchev–Trinajstić information content (AvgIpc) is 3.09. The number of hydrogen-bond acceptors (Lipinski definition) is 7. The number of carbonyl (C=O) groups excluding carboxylic acids is 2. The lowest BCUT2D eigenvalue weighted by atomic mass is 10.2. The lowest BCUT2D eigenvalue weighted by molar-refractivity contribution is -0.433. The van der Waals surface area contributed by atoms with Crippen molar-refractivity contribution in [3.63, 3.8) is 0 Å². The van der Waals surface area contributed by atoms with Crippen molar-refractivity contribution in [2.24, 2.45) is 0 Å². The maximum absolute atomic E-state index is 12.8. The van der Waals surface area contributed by atoms with Crippen molar-refractivity contribution in [3.8, 4) is 0 Å². The molecule has 2 aliphatic heterocycles. The number of anilines is 2. The number of nitrogens with zero attached hydrogens (tertiary/aromatic N) is 2. The Morgan fingerprint density at radius 3 is 2.61 bits per heavy atom. The maximum Gasteiger partial charge on any atom is 0.430 e. The lowest BCUT2D eigenvalue weighted by Crippen LogP contribution is -2.27. The summed E-state index contributed by atoms with van der Waals surface area (Å²) in [4.78, 5) is 28.6. The molecule has 0 saturated carbocycles. The van der Waals surface area contributed by atoms with Crippen LogP contribution in [0.5, 0.6) is 0 Å². The first-order chi connectivity index (χ1) is 13.1. The van der Waals surface area contributed by atoms with E-state index in [9.17, 15) is 9.59 Å². The predicted octanol–water partition coefficient (Wildman–Crippen LogP) is 4.77. The molecule has 0 saturated heterocycles. The van der Waals surface area contributed by atoms with E-state index < -0.39 is 11.7 Å². The third kappa shape index (κ3) is 4.21. The number of fused-ring (bicyclic) bond motifs is 1. The number of likely N-dealkylation sites (N-methyl/N-ethyl adjacent to an activating group) is 1. The van der Waals surface area contributed by atoms with Crippen LogP contribution in [0.3, 0.4) is 0 Å². The normalized spacial score (nSPS) is 19.4. The van der Waals surface area contributed by atoms with Gasteiger partial charge in [-0.05, 0) is 52.1 Å². The second kappa shape index (κ2) is 8.04. The summed E-state index contributed by atoms with van der Waals surface area (Å²) in [5.41, 5.74) is 1.12. The van der Waals surface area contributed by atoms with Gasteiger partial charge in [-0.1, -0.05) is 23.5 Å². The zero-order chi connectivity index (χ0) is 20.6. The molecule has 2 amide bonds. The molecule has 2 heterocycles. The molecule has 2 aliphatic rings. The number of hydrogen-bond donors (Lipinski definition) is 1. The topological polar surface area (TPSA) is 61.7 Å². The third-order valence-corrected chi connectivity index (χ3v) is 7.65. The van der Waals surface area contributed by atoms with Gasteiger partial charge in [-0.2, -0.15) is 0 Å². The number of carbonyl (C=O) groups is 2. The van der Waals surface area contributed by atoms with Gasteiger partial charge in [-0.25, -0.2) is 9.59 Å². The standard InChI is InChI=1S/C19H23N3O3S3/c1-7-22-15(23)14(28-18(22)26-6)16-21(5)12-9-8-11(10-13(12)27-16)20-17(24)25-19(2,3)4/h8-10H,7H2,1-6H3/p+1/b16-14+. The minimum Gasteiger partial charge on any atom is -0.444 e. The number of nitrogens with one attached hydrogen (secondary N) is 1. The van der Waals surface area contributed by atoms with Crippen LogP contribution in [0.4, 0.5) is 16.2 Å².